The molecular formula is C24H17ClN2O5. The molecule has 0 aromatic heterocycles. The van der Waals surface area contributed by atoms with Crippen LogP contribution in [0.1, 0.15) is 22.7 Å². The first-order valence-electron chi connectivity index (χ1n) is 9.67. The Balaban J connectivity index is 2.02. The fourth-order valence-corrected chi connectivity index (χ4v) is 3.94. The zero-order valence-corrected chi connectivity index (χ0v) is 17.6. The molecule has 0 radical (unpaired) electrons. The minimum absolute atomic E-state index is 0.103. The molecule has 1 heterocycles. The highest BCUT2D eigenvalue weighted by Crippen LogP contribution is 2.45. The van der Waals surface area contributed by atoms with Gasteiger partial charge in [-0.15, -0.1) is 0 Å². The quantitative estimate of drug-likeness (QED) is 0.195. The van der Waals surface area contributed by atoms with E-state index >= 15 is 0 Å². The molecule has 1 unspecified atom stereocenters. The fourth-order valence-electron chi connectivity index (χ4n) is 3.76. The molecule has 1 aliphatic heterocycles. The monoisotopic (exact) mass is 448 g/mol. The summed E-state index contributed by atoms with van der Waals surface area (Å²) in [4.78, 5) is 38.5. The average molecular weight is 449 g/mol. The summed E-state index contributed by atoms with van der Waals surface area (Å²) in [5.74, 6) is -2.26. The summed E-state index contributed by atoms with van der Waals surface area (Å²) in [5.41, 5.74) is 0.965. The number of amides is 1. The van der Waals surface area contributed by atoms with Crippen LogP contribution in [-0.2, 0) is 9.59 Å². The Hall–Kier alpha value is -3.97. The summed E-state index contributed by atoms with van der Waals surface area (Å²) in [6.07, 6.45) is 0. The van der Waals surface area contributed by atoms with Gasteiger partial charge < -0.3 is 5.11 Å². The molecule has 1 saturated heterocycles. The van der Waals surface area contributed by atoms with Crippen LogP contribution in [0.5, 0.6) is 0 Å². The normalized spacial score (nSPS) is 17.6. The van der Waals surface area contributed by atoms with E-state index in [2.05, 4.69) is 0 Å². The number of para-hydroxylation sites is 1. The first-order chi connectivity index (χ1) is 15.3. The predicted octanol–water partition coefficient (Wildman–Crippen LogP) is 5.18. The number of nitrogens with zero attached hydrogens (tertiary/aromatic N) is 2. The second-order valence-electron chi connectivity index (χ2n) is 7.28. The Morgan fingerprint density at radius 1 is 1.03 bits per heavy atom. The molecule has 1 amide bonds. The van der Waals surface area contributed by atoms with E-state index in [0.29, 0.717) is 10.6 Å². The second-order valence-corrected chi connectivity index (χ2v) is 7.69. The molecule has 1 fully saturated rings. The van der Waals surface area contributed by atoms with E-state index in [-0.39, 0.29) is 22.5 Å². The molecule has 0 saturated carbocycles. The smallest absolute Gasteiger partial charge is 0.300 e. The number of carbonyl (C=O) groups is 2. The van der Waals surface area contributed by atoms with Crippen molar-refractivity contribution < 1.29 is 19.6 Å². The molecule has 7 nitrogen and oxygen atoms in total. The van der Waals surface area contributed by atoms with Gasteiger partial charge in [0, 0.05) is 22.3 Å². The third-order valence-electron chi connectivity index (χ3n) is 5.35. The number of Topliss-reactive ketones (excluding diaryl/α,β-unsaturated/α-hetero) is 1. The van der Waals surface area contributed by atoms with Gasteiger partial charge in [-0.3, -0.25) is 24.6 Å². The van der Waals surface area contributed by atoms with Gasteiger partial charge in [0.15, 0.2) is 0 Å². The van der Waals surface area contributed by atoms with Crippen molar-refractivity contribution in [3.8, 4) is 0 Å². The maximum Gasteiger partial charge on any atom is 0.300 e. The Morgan fingerprint density at radius 3 is 2.34 bits per heavy atom. The fraction of sp³-hybridized carbons (Fsp3) is 0.0833. The Labute approximate surface area is 188 Å². The lowest BCUT2D eigenvalue weighted by molar-refractivity contribution is -0.385. The number of hydrogen-bond donors (Lipinski definition) is 1. The van der Waals surface area contributed by atoms with Gasteiger partial charge in [-0.1, -0.05) is 60.1 Å². The molecule has 3 aromatic carbocycles. The molecule has 0 aliphatic carbocycles. The third-order valence-corrected chi connectivity index (χ3v) is 5.76. The molecule has 1 aliphatic rings. The van der Waals surface area contributed by atoms with E-state index in [1.807, 2.05) is 0 Å². The number of nitro benzene ring substituents is 1. The van der Waals surface area contributed by atoms with Crippen LogP contribution in [0, 0.1) is 17.0 Å². The summed E-state index contributed by atoms with van der Waals surface area (Å²) < 4.78 is 0. The lowest BCUT2D eigenvalue weighted by Crippen LogP contribution is -2.29. The molecule has 160 valence electrons. The lowest BCUT2D eigenvalue weighted by Gasteiger charge is -2.25. The van der Waals surface area contributed by atoms with Gasteiger partial charge >= 0.3 is 0 Å². The van der Waals surface area contributed by atoms with E-state index in [4.69, 9.17) is 11.6 Å². The summed E-state index contributed by atoms with van der Waals surface area (Å²) in [7, 11) is 0. The van der Waals surface area contributed by atoms with Crippen molar-refractivity contribution in [3.63, 3.8) is 0 Å². The molecule has 8 heteroatoms. The first kappa shape index (κ1) is 21.3. The topological polar surface area (TPSA) is 101 Å². The predicted molar refractivity (Wildman–Crippen MR) is 121 cm³/mol. The van der Waals surface area contributed by atoms with Gasteiger partial charge in [0.25, 0.3) is 17.4 Å². The van der Waals surface area contributed by atoms with Crippen LogP contribution in [-0.4, -0.2) is 21.7 Å². The van der Waals surface area contributed by atoms with Crippen molar-refractivity contribution in [1.82, 2.24) is 0 Å². The number of nitro groups is 1. The number of aliphatic hydroxyl groups excluding tert-OH is 1. The Kier molecular flexibility index (Phi) is 5.50. The van der Waals surface area contributed by atoms with Gasteiger partial charge in [0.05, 0.1) is 16.1 Å². The molecule has 1 atom stereocenters. The number of rotatable bonds is 4. The zero-order chi connectivity index (χ0) is 23.0. The zero-order valence-electron chi connectivity index (χ0n) is 16.9. The van der Waals surface area contributed by atoms with Crippen molar-refractivity contribution in [1.29, 1.82) is 0 Å². The number of halogens is 1. The largest absolute Gasteiger partial charge is 0.507 e. The summed E-state index contributed by atoms with van der Waals surface area (Å²) >= 11 is 6.25. The molecule has 32 heavy (non-hydrogen) atoms. The van der Waals surface area contributed by atoms with Crippen LogP contribution < -0.4 is 4.90 Å². The van der Waals surface area contributed by atoms with Crippen molar-refractivity contribution in [2.75, 3.05) is 4.90 Å². The molecule has 0 bridgehead atoms. The number of aliphatic hydroxyl groups is 1. The van der Waals surface area contributed by atoms with E-state index in [0.717, 1.165) is 10.5 Å². The molecule has 1 N–H and O–H groups in total. The summed E-state index contributed by atoms with van der Waals surface area (Å²) in [6.45, 7) is 1.79. The van der Waals surface area contributed by atoms with Crippen LogP contribution in [0.25, 0.3) is 5.76 Å². The first-order valence-corrected chi connectivity index (χ1v) is 10.0. The average Bonchev–Trinajstić information content (AvgIpc) is 3.06. The van der Waals surface area contributed by atoms with Crippen molar-refractivity contribution in [3.05, 3.63) is 110 Å². The number of anilines is 1. The molecule has 3 aromatic rings. The number of carbonyl (C=O) groups excluding carboxylic acids is 2. The SMILES string of the molecule is Cc1ccc(N2C(=O)C(=O)/C(=C(/O)c3ccccc3)C2c2ccccc2[N+](=O)[O-])cc1Cl. The van der Waals surface area contributed by atoms with Crippen molar-refractivity contribution in [2.24, 2.45) is 0 Å². The third kappa shape index (κ3) is 3.52. The van der Waals surface area contributed by atoms with Crippen LogP contribution in [0.4, 0.5) is 11.4 Å². The number of hydrogen-bond acceptors (Lipinski definition) is 5. The van der Waals surface area contributed by atoms with Gasteiger partial charge in [-0.25, -0.2) is 0 Å². The van der Waals surface area contributed by atoms with Crippen LogP contribution in [0.2, 0.25) is 5.02 Å². The van der Waals surface area contributed by atoms with Crippen molar-refractivity contribution >= 4 is 40.4 Å². The Morgan fingerprint density at radius 2 is 1.69 bits per heavy atom. The Bertz CT molecular complexity index is 1290. The van der Waals surface area contributed by atoms with Crippen LogP contribution in [0.3, 0.4) is 0 Å². The van der Waals surface area contributed by atoms with E-state index in [1.54, 1.807) is 55.5 Å². The number of aryl methyl sites for hydroxylation is 1. The lowest BCUT2D eigenvalue weighted by atomic mass is 9.94. The van der Waals surface area contributed by atoms with Crippen molar-refractivity contribution in [2.45, 2.75) is 13.0 Å². The molecule has 0 spiro atoms. The highest BCUT2D eigenvalue weighted by Gasteiger charge is 2.49. The van der Waals surface area contributed by atoms with E-state index in [9.17, 15) is 24.8 Å². The standard InChI is InChI=1S/C24H17ClN2O5/c1-14-11-12-16(13-18(14)25)26-21(17-9-5-6-10-19(17)27(31)32)20(23(29)24(26)30)22(28)15-7-3-2-4-8-15/h2-13,21,28H,1H3/b22-20+. The van der Waals surface area contributed by atoms with E-state index < -0.39 is 28.4 Å². The maximum atomic E-state index is 13.1. The number of benzene rings is 3. The van der Waals surface area contributed by atoms with Gasteiger partial charge in [-0.2, -0.15) is 0 Å². The molecule has 4 rings (SSSR count). The van der Waals surface area contributed by atoms with Crippen LogP contribution in [0.15, 0.2) is 78.4 Å². The maximum absolute atomic E-state index is 13.1. The minimum Gasteiger partial charge on any atom is -0.507 e. The van der Waals surface area contributed by atoms with Gasteiger partial charge in [0.1, 0.15) is 11.8 Å². The highest BCUT2D eigenvalue weighted by atomic mass is 35.5. The highest BCUT2D eigenvalue weighted by molar-refractivity contribution is 6.52. The number of ketones is 1. The van der Waals surface area contributed by atoms with Crippen LogP contribution >= 0.6 is 11.6 Å². The summed E-state index contributed by atoms with van der Waals surface area (Å²) in [6, 6.07) is 17.7. The second kappa shape index (κ2) is 8.28. The van der Waals surface area contributed by atoms with Gasteiger partial charge in [0.2, 0.25) is 0 Å². The summed E-state index contributed by atoms with van der Waals surface area (Å²) in [5, 5.41) is 23.1. The van der Waals surface area contributed by atoms with E-state index in [1.165, 1.54) is 24.3 Å². The van der Waals surface area contributed by atoms with Gasteiger partial charge in [-0.05, 0) is 30.7 Å². The molecular weight excluding hydrogens is 432 g/mol. The minimum atomic E-state index is -1.21.